The van der Waals surface area contributed by atoms with Gasteiger partial charge < -0.3 is 19.4 Å². The lowest BCUT2D eigenvalue weighted by Gasteiger charge is -2.36. The predicted molar refractivity (Wildman–Crippen MR) is 112 cm³/mol. The Morgan fingerprint density at radius 3 is 2.46 bits per heavy atom. The van der Waals surface area contributed by atoms with Gasteiger partial charge in [-0.25, -0.2) is 0 Å². The summed E-state index contributed by atoms with van der Waals surface area (Å²) in [6, 6.07) is 9.08. The smallest absolute Gasteiger partial charge is 0.254 e. The van der Waals surface area contributed by atoms with Gasteiger partial charge in [-0.1, -0.05) is 18.9 Å². The molecule has 1 atom stereocenters. The lowest BCUT2D eigenvalue weighted by atomic mass is 10.0. The highest BCUT2D eigenvalue weighted by Crippen LogP contribution is 2.28. The molecule has 1 aliphatic carbocycles. The molecular formula is C23H35N3O2. The molecule has 4 rings (SSSR count). The normalized spacial score (nSPS) is 25.0. The van der Waals surface area contributed by atoms with E-state index in [1.165, 1.54) is 25.7 Å². The number of amides is 1. The van der Waals surface area contributed by atoms with Gasteiger partial charge in [0.2, 0.25) is 0 Å². The van der Waals surface area contributed by atoms with Gasteiger partial charge in [0.15, 0.2) is 0 Å². The third-order valence-corrected chi connectivity index (χ3v) is 6.88. The van der Waals surface area contributed by atoms with E-state index in [1.807, 2.05) is 29.2 Å². The summed E-state index contributed by atoms with van der Waals surface area (Å²) in [5.74, 6) is 0.972. The molecule has 0 unspecified atom stereocenters. The van der Waals surface area contributed by atoms with Crippen LogP contribution in [0.15, 0.2) is 24.3 Å². The van der Waals surface area contributed by atoms with Crippen molar-refractivity contribution in [1.82, 2.24) is 14.7 Å². The van der Waals surface area contributed by atoms with E-state index in [0.717, 1.165) is 62.8 Å². The number of benzene rings is 1. The van der Waals surface area contributed by atoms with Crippen LogP contribution in [0.5, 0.6) is 5.75 Å². The maximum Gasteiger partial charge on any atom is 0.254 e. The first-order valence-corrected chi connectivity index (χ1v) is 11.1. The largest absolute Gasteiger partial charge is 0.490 e. The summed E-state index contributed by atoms with van der Waals surface area (Å²) in [6.07, 6.45) is 9.04. The summed E-state index contributed by atoms with van der Waals surface area (Å²) in [5, 5.41) is 0. The molecule has 1 aromatic rings. The minimum absolute atomic E-state index is 0.130. The number of carbonyl (C=O) groups excluding carboxylic acids is 1. The summed E-state index contributed by atoms with van der Waals surface area (Å²) in [7, 11) is 4.18. The molecule has 3 aliphatic rings. The van der Waals surface area contributed by atoms with E-state index in [9.17, 15) is 4.79 Å². The van der Waals surface area contributed by atoms with Crippen molar-refractivity contribution < 1.29 is 9.53 Å². The number of nitrogens with zero attached hydrogens (tertiary/aromatic N) is 3. The monoisotopic (exact) mass is 385 g/mol. The topological polar surface area (TPSA) is 36.0 Å². The number of carbonyl (C=O) groups is 1. The summed E-state index contributed by atoms with van der Waals surface area (Å²) >= 11 is 0. The van der Waals surface area contributed by atoms with E-state index in [2.05, 4.69) is 23.9 Å². The van der Waals surface area contributed by atoms with Crippen molar-refractivity contribution in [2.24, 2.45) is 0 Å². The second-order valence-electron chi connectivity index (χ2n) is 8.98. The lowest BCUT2D eigenvalue weighted by molar-refractivity contribution is 0.0752. The van der Waals surface area contributed by atoms with Gasteiger partial charge in [-0.3, -0.25) is 4.79 Å². The van der Waals surface area contributed by atoms with Crippen LogP contribution in [0.1, 0.15) is 55.3 Å². The Morgan fingerprint density at radius 1 is 1.04 bits per heavy atom. The van der Waals surface area contributed by atoms with E-state index in [-0.39, 0.29) is 12.0 Å². The molecule has 2 saturated heterocycles. The van der Waals surface area contributed by atoms with E-state index >= 15 is 0 Å². The van der Waals surface area contributed by atoms with Gasteiger partial charge in [0, 0.05) is 43.8 Å². The Balaban J connectivity index is 1.31. The van der Waals surface area contributed by atoms with Gasteiger partial charge >= 0.3 is 0 Å². The fraction of sp³-hybridized carbons (Fsp3) is 0.696. The fourth-order valence-electron chi connectivity index (χ4n) is 5.05. The standard InChI is InChI=1S/C23H35N3O2/c1-24(2)20-10-13-26(17-20)23(27)18-6-5-9-22(16-18)28-21-11-14-25(15-12-21)19-7-3-4-8-19/h5-6,9,16,19-21H,3-4,7-8,10-15,17H2,1-2H3/t20-/m0/s1. The van der Waals surface area contributed by atoms with Crippen LogP contribution in [0.3, 0.4) is 0 Å². The summed E-state index contributed by atoms with van der Waals surface area (Å²) < 4.78 is 6.27. The van der Waals surface area contributed by atoms with Crippen LogP contribution in [0.25, 0.3) is 0 Å². The summed E-state index contributed by atoms with van der Waals surface area (Å²) in [5.41, 5.74) is 0.750. The van der Waals surface area contributed by atoms with Crippen molar-refractivity contribution in [3.05, 3.63) is 29.8 Å². The van der Waals surface area contributed by atoms with Crippen LogP contribution >= 0.6 is 0 Å². The zero-order valence-corrected chi connectivity index (χ0v) is 17.5. The van der Waals surface area contributed by atoms with Crippen molar-refractivity contribution in [3.8, 4) is 5.75 Å². The van der Waals surface area contributed by atoms with E-state index in [4.69, 9.17) is 4.74 Å². The Bertz CT molecular complexity index is 664. The van der Waals surface area contributed by atoms with Crippen molar-refractivity contribution in [3.63, 3.8) is 0 Å². The molecule has 3 fully saturated rings. The maximum atomic E-state index is 12.9. The number of hydrogen-bond acceptors (Lipinski definition) is 4. The van der Waals surface area contributed by atoms with E-state index in [0.29, 0.717) is 6.04 Å². The fourth-order valence-corrected chi connectivity index (χ4v) is 5.05. The molecule has 28 heavy (non-hydrogen) atoms. The van der Waals surface area contributed by atoms with Crippen LogP contribution in [0.4, 0.5) is 0 Å². The quantitative estimate of drug-likeness (QED) is 0.780. The third kappa shape index (κ3) is 4.52. The molecule has 154 valence electrons. The number of likely N-dealkylation sites (tertiary alicyclic amines) is 2. The first-order valence-electron chi connectivity index (χ1n) is 11.1. The van der Waals surface area contributed by atoms with Crippen molar-refractivity contribution in [2.75, 3.05) is 40.3 Å². The highest BCUT2D eigenvalue weighted by molar-refractivity contribution is 5.94. The number of ether oxygens (including phenoxy) is 1. The summed E-state index contributed by atoms with van der Waals surface area (Å²) in [4.78, 5) is 19.8. The molecule has 0 aromatic heterocycles. The third-order valence-electron chi connectivity index (χ3n) is 6.88. The first kappa shape index (κ1) is 19.7. The Kier molecular flexibility index (Phi) is 6.22. The van der Waals surface area contributed by atoms with Crippen molar-refractivity contribution >= 4 is 5.91 Å². The minimum Gasteiger partial charge on any atom is -0.490 e. The molecule has 1 amide bonds. The van der Waals surface area contributed by atoms with Gasteiger partial charge in [-0.2, -0.15) is 0 Å². The summed E-state index contributed by atoms with van der Waals surface area (Å²) in [6.45, 7) is 3.95. The molecule has 5 nitrogen and oxygen atoms in total. The van der Waals surface area contributed by atoms with Crippen LogP contribution in [-0.4, -0.2) is 79.1 Å². The van der Waals surface area contributed by atoms with Gasteiger partial charge in [-0.05, 0) is 64.4 Å². The zero-order chi connectivity index (χ0) is 19.5. The van der Waals surface area contributed by atoms with Crippen molar-refractivity contribution in [2.45, 2.75) is 63.1 Å². The first-order chi connectivity index (χ1) is 13.6. The molecular weight excluding hydrogens is 350 g/mol. The molecule has 2 heterocycles. The second-order valence-corrected chi connectivity index (χ2v) is 8.98. The maximum absolute atomic E-state index is 12.9. The van der Waals surface area contributed by atoms with E-state index in [1.54, 1.807) is 0 Å². The van der Waals surface area contributed by atoms with Crippen LogP contribution < -0.4 is 4.74 Å². The second kappa shape index (κ2) is 8.83. The Morgan fingerprint density at radius 2 is 1.79 bits per heavy atom. The van der Waals surface area contributed by atoms with Gasteiger partial charge in [0.25, 0.3) is 5.91 Å². The average Bonchev–Trinajstić information content (AvgIpc) is 3.40. The van der Waals surface area contributed by atoms with Crippen LogP contribution in [0, 0.1) is 0 Å². The molecule has 0 N–H and O–H groups in total. The van der Waals surface area contributed by atoms with E-state index < -0.39 is 0 Å². The molecule has 1 aromatic carbocycles. The SMILES string of the molecule is CN(C)[C@H]1CCN(C(=O)c2cccc(OC3CCN(C4CCCC4)CC3)c2)C1. The molecule has 1 saturated carbocycles. The average molecular weight is 386 g/mol. The Labute approximate surface area is 169 Å². The molecule has 0 spiro atoms. The number of hydrogen-bond donors (Lipinski definition) is 0. The van der Waals surface area contributed by atoms with Crippen LogP contribution in [0.2, 0.25) is 0 Å². The number of piperidine rings is 1. The van der Waals surface area contributed by atoms with Gasteiger partial charge in [0.1, 0.15) is 11.9 Å². The van der Waals surface area contributed by atoms with Gasteiger partial charge in [-0.15, -0.1) is 0 Å². The number of rotatable bonds is 5. The highest BCUT2D eigenvalue weighted by Gasteiger charge is 2.29. The molecule has 0 bridgehead atoms. The zero-order valence-electron chi connectivity index (χ0n) is 17.5. The molecule has 5 heteroatoms. The molecule has 0 radical (unpaired) electrons. The Hall–Kier alpha value is -1.59. The van der Waals surface area contributed by atoms with Gasteiger partial charge in [0.05, 0.1) is 0 Å². The van der Waals surface area contributed by atoms with Crippen molar-refractivity contribution in [1.29, 1.82) is 0 Å². The lowest BCUT2D eigenvalue weighted by Crippen LogP contribution is -2.43. The predicted octanol–water partition coefficient (Wildman–Crippen LogP) is 3.25. The molecule has 2 aliphatic heterocycles. The van der Waals surface area contributed by atoms with Crippen LogP contribution in [-0.2, 0) is 0 Å². The highest BCUT2D eigenvalue weighted by atomic mass is 16.5. The number of likely N-dealkylation sites (N-methyl/N-ethyl adjacent to an activating group) is 1. The minimum atomic E-state index is 0.130.